The quantitative estimate of drug-likeness (QED) is 0.381. The zero-order chi connectivity index (χ0) is 3.58. The first kappa shape index (κ1) is 16.1. The van der Waals surface area contributed by atoms with E-state index in [9.17, 15) is 0 Å². The molecule has 26 valence electrons. The van der Waals surface area contributed by atoms with E-state index in [4.69, 9.17) is 15.0 Å². The minimum absolute atomic E-state index is 0. The fourth-order valence-electron chi connectivity index (χ4n) is 0. The molecule has 0 rings (SSSR count). The predicted octanol–water partition coefficient (Wildman–Crippen LogP) is -0.539. The van der Waals surface area contributed by atoms with Crippen molar-refractivity contribution in [3.05, 3.63) is 0 Å². The van der Waals surface area contributed by atoms with E-state index in [-0.39, 0.29) is 37.7 Å². The van der Waals surface area contributed by atoms with Gasteiger partial charge in [0.05, 0.1) is 0 Å². The summed E-state index contributed by atoms with van der Waals surface area (Å²) in [5, 5.41) is 13.9. The van der Waals surface area contributed by atoms with Crippen molar-refractivity contribution in [2.45, 2.75) is 0 Å². The van der Waals surface area contributed by atoms with Crippen LogP contribution < -0.4 is 0 Å². The first-order valence-corrected chi connectivity index (χ1v) is 0.651. The molecule has 0 spiro atoms. The van der Waals surface area contributed by atoms with Gasteiger partial charge in [0, 0.05) is 37.7 Å². The normalized spacial score (nSPS) is 4.00. The zero-order valence-corrected chi connectivity index (χ0v) is 3.80. The molecule has 0 aromatic rings. The van der Waals surface area contributed by atoms with Gasteiger partial charge in [-0.3, -0.25) is 0 Å². The Morgan fingerprint density at radius 2 is 1.17 bits per heavy atom. The van der Waals surface area contributed by atoms with Crippen LogP contribution in [-0.4, -0.2) is 54.1 Å². The third kappa shape index (κ3) is 248. The molecule has 0 amide bonds. The van der Waals surface area contributed by atoms with E-state index in [0.29, 0.717) is 0 Å². The van der Waals surface area contributed by atoms with Crippen LogP contribution in [-0.2, 0) is 0 Å². The van der Waals surface area contributed by atoms with E-state index >= 15 is 0 Å². The van der Waals surface area contributed by atoms with Gasteiger partial charge in [-0.15, -0.1) is 0 Å². The minimum Gasteiger partial charge on any atom is -0.450 e. The average molecular weight is 75.9 g/mol. The van der Waals surface area contributed by atoms with Gasteiger partial charge in [0.25, 0.3) is 0 Å². The van der Waals surface area contributed by atoms with Crippen molar-refractivity contribution in [3.63, 3.8) is 0 Å². The Morgan fingerprint density at radius 1 is 1.17 bits per heavy atom. The molecule has 0 aliphatic heterocycles. The summed E-state index contributed by atoms with van der Waals surface area (Å²) in [6.07, 6.45) is -1.83. The van der Waals surface area contributed by atoms with Gasteiger partial charge in [0.15, 0.2) is 0 Å². The van der Waals surface area contributed by atoms with Crippen molar-refractivity contribution in [1.82, 2.24) is 0 Å². The van der Waals surface area contributed by atoms with Crippen molar-refractivity contribution in [2.24, 2.45) is 0 Å². The van der Waals surface area contributed by atoms with Gasteiger partial charge < -0.3 is 10.2 Å². The third-order valence-corrected chi connectivity index (χ3v) is 0. The summed E-state index contributed by atoms with van der Waals surface area (Å²) in [5.41, 5.74) is 0. The van der Waals surface area contributed by atoms with Crippen molar-refractivity contribution in [2.75, 3.05) is 0 Å². The molecule has 2 N–H and O–H groups in total. The molecular formula is CH2Li2O3. The first-order valence-electron chi connectivity index (χ1n) is 0.651. The molecule has 0 bridgehead atoms. The second-order valence-electron chi connectivity index (χ2n) is 0.283. The second-order valence-corrected chi connectivity index (χ2v) is 0.283. The summed E-state index contributed by atoms with van der Waals surface area (Å²) in [5.74, 6) is 0. The molecule has 0 saturated heterocycles. The molecule has 0 aromatic carbocycles. The van der Waals surface area contributed by atoms with Crippen LogP contribution in [0.1, 0.15) is 0 Å². The molecule has 0 aromatic heterocycles. The fraction of sp³-hybridized carbons (Fsp3) is 0. The Balaban J connectivity index is -0.0000000450. The zero-order valence-electron chi connectivity index (χ0n) is 3.80. The maximum atomic E-state index is 8.56. The number of hydrogen-bond acceptors (Lipinski definition) is 1. The molecule has 0 heterocycles. The van der Waals surface area contributed by atoms with Crippen LogP contribution in [0.25, 0.3) is 0 Å². The van der Waals surface area contributed by atoms with Crippen molar-refractivity contribution < 1.29 is 15.0 Å². The van der Waals surface area contributed by atoms with Crippen LogP contribution in [0.4, 0.5) is 4.79 Å². The molecular weight excluding hydrogens is 73.9 g/mol. The fourth-order valence-corrected chi connectivity index (χ4v) is 0. The smallest absolute Gasteiger partial charge is 0.450 e. The molecule has 0 unspecified atom stereocenters. The average Bonchev–Trinajstić information content (AvgIpc) is 0.811. The molecule has 3 nitrogen and oxygen atoms in total. The van der Waals surface area contributed by atoms with Crippen molar-refractivity contribution in [3.8, 4) is 0 Å². The van der Waals surface area contributed by atoms with Crippen LogP contribution in [0, 0.1) is 0 Å². The van der Waals surface area contributed by atoms with Gasteiger partial charge in [-0.1, -0.05) is 0 Å². The molecule has 5 heteroatoms. The number of hydrogen-bond donors (Lipinski definition) is 2. The standard InChI is InChI=1S/CH2O3.2Li/c2-1(3)4;;/h(H2,2,3,4);;. The summed E-state index contributed by atoms with van der Waals surface area (Å²) in [6, 6.07) is 0. The van der Waals surface area contributed by atoms with Crippen LogP contribution in [0.2, 0.25) is 0 Å². The summed E-state index contributed by atoms with van der Waals surface area (Å²) in [7, 11) is 0. The van der Waals surface area contributed by atoms with Gasteiger partial charge in [0.2, 0.25) is 0 Å². The second kappa shape index (κ2) is 9.07. The van der Waals surface area contributed by atoms with Gasteiger partial charge in [-0.05, 0) is 0 Å². The van der Waals surface area contributed by atoms with Gasteiger partial charge in [0.1, 0.15) is 0 Å². The van der Waals surface area contributed by atoms with Crippen LogP contribution in [0.15, 0.2) is 0 Å². The number of carbonyl (C=O) groups is 1. The van der Waals surface area contributed by atoms with E-state index in [1.807, 2.05) is 0 Å². The Kier molecular flexibility index (Phi) is 24.3. The summed E-state index contributed by atoms with van der Waals surface area (Å²) in [4.78, 5) is 8.56. The first-order chi connectivity index (χ1) is 1.73. The van der Waals surface area contributed by atoms with E-state index in [1.54, 1.807) is 0 Å². The molecule has 2 radical (unpaired) electrons. The Hall–Kier alpha value is 0.465. The maximum Gasteiger partial charge on any atom is 0.503 e. The van der Waals surface area contributed by atoms with Crippen molar-refractivity contribution >= 4 is 43.9 Å². The summed E-state index contributed by atoms with van der Waals surface area (Å²) < 4.78 is 0. The van der Waals surface area contributed by atoms with E-state index < -0.39 is 6.16 Å². The monoisotopic (exact) mass is 76.0 g/mol. The molecule has 0 atom stereocenters. The molecule has 0 aliphatic carbocycles. The number of rotatable bonds is 0. The van der Waals surface area contributed by atoms with Gasteiger partial charge in [-0.2, -0.15) is 0 Å². The molecule has 0 aliphatic rings. The van der Waals surface area contributed by atoms with Gasteiger partial charge >= 0.3 is 6.16 Å². The molecule has 6 heavy (non-hydrogen) atoms. The number of carboxylic acid groups (broad SMARTS) is 2. The Labute approximate surface area is 59.1 Å². The Bertz CT molecular complexity index is 31.8. The van der Waals surface area contributed by atoms with E-state index in [1.165, 1.54) is 0 Å². The predicted molar refractivity (Wildman–Crippen MR) is 22.2 cm³/mol. The SMILES string of the molecule is O=C(O)O.[Li].[Li]. The van der Waals surface area contributed by atoms with Crippen molar-refractivity contribution in [1.29, 1.82) is 0 Å². The van der Waals surface area contributed by atoms with Crippen LogP contribution in [0.5, 0.6) is 0 Å². The summed E-state index contributed by atoms with van der Waals surface area (Å²) >= 11 is 0. The van der Waals surface area contributed by atoms with E-state index in [2.05, 4.69) is 0 Å². The van der Waals surface area contributed by atoms with E-state index in [0.717, 1.165) is 0 Å². The topological polar surface area (TPSA) is 57.5 Å². The summed E-state index contributed by atoms with van der Waals surface area (Å²) in [6.45, 7) is 0. The Morgan fingerprint density at radius 3 is 1.17 bits per heavy atom. The largest absolute Gasteiger partial charge is 0.503 e. The van der Waals surface area contributed by atoms with Crippen LogP contribution in [0.3, 0.4) is 0 Å². The van der Waals surface area contributed by atoms with Crippen LogP contribution >= 0.6 is 0 Å². The minimum atomic E-state index is -1.83. The molecule has 0 saturated carbocycles. The third-order valence-electron chi connectivity index (χ3n) is 0. The van der Waals surface area contributed by atoms with Gasteiger partial charge in [-0.25, -0.2) is 4.79 Å². The molecule has 0 fully saturated rings. The maximum absolute atomic E-state index is 8.56.